The van der Waals surface area contributed by atoms with Gasteiger partial charge in [0.25, 0.3) is 5.91 Å². The Morgan fingerprint density at radius 1 is 1.64 bits per heavy atom. The highest BCUT2D eigenvalue weighted by Crippen LogP contribution is 2.19. The highest BCUT2D eigenvalue weighted by molar-refractivity contribution is 7.13. The van der Waals surface area contributed by atoms with Gasteiger partial charge in [0.1, 0.15) is 6.67 Å². The number of anilines is 1. The van der Waals surface area contributed by atoms with E-state index in [0.717, 1.165) is 5.13 Å². The van der Waals surface area contributed by atoms with Crippen molar-refractivity contribution >= 4 is 28.6 Å². The van der Waals surface area contributed by atoms with Crippen LogP contribution in [0.1, 0.15) is 0 Å². The van der Waals surface area contributed by atoms with E-state index < -0.39 is 5.91 Å². The lowest BCUT2D eigenvalue weighted by Gasteiger charge is -2.18. The van der Waals surface area contributed by atoms with E-state index in [-0.39, 0.29) is 0 Å². The highest BCUT2D eigenvalue weighted by atomic mass is 32.1. The molecule has 0 radical (unpaired) electrons. The highest BCUT2D eigenvalue weighted by Gasteiger charge is 2.12. The predicted octanol–water partition coefficient (Wildman–Crippen LogP) is 0.361. The molecule has 0 saturated carbocycles. The maximum Gasteiger partial charge on any atom is 0.251 e. The van der Waals surface area contributed by atoms with Crippen LogP contribution in [0.2, 0.25) is 0 Å². The monoisotopic (exact) mass is 208 g/mol. The van der Waals surface area contributed by atoms with Gasteiger partial charge in [-0.1, -0.05) is 0 Å². The molecular weight excluding hydrogens is 200 g/mol. The molecule has 0 bridgehead atoms. The van der Waals surface area contributed by atoms with Crippen LogP contribution in [0.15, 0.2) is 28.3 Å². The van der Waals surface area contributed by atoms with Crippen LogP contribution in [0.4, 0.5) is 5.13 Å². The van der Waals surface area contributed by atoms with Crippen molar-refractivity contribution in [2.75, 3.05) is 11.6 Å². The maximum atomic E-state index is 10.9. The Bertz CT molecular complexity index is 395. The molecule has 1 aromatic rings. The molecule has 1 aliphatic rings. The number of hydrogen-bond acceptors (Lipinski definition) is 5. The van der Waals surface area contributed by atoms with E-state index in [1.54, 1.807) is 17.3 Å². The molecule has 0 aliphatic carbocycles. The summed E-state index contributed by atoms with van der Waals surface area (Å²) in [5, 5.41) is 2.67. The van der Waals surface area contributed by atoms with Crippen molar-refractivity contribution in [1.29, 1.82) is 0 Å². The fraction of sp³-hybridized carbons (Fsp3) is 0.125. The van der Waals surface area contributed by atoms with Gasteiger partial charge in [0.05, 0.1) is 5.57 Å². The Balaban J connectivity index is 2.25. The third-order valence-electron chi connectivity index (χ3n) is 1.71. The third kappa shape index (κ3) is 1.64. The second-order valence-corrected chi connectivity index (χ2v) is 3.56. The molecule has 0 fully saturated rings. The second-order valence-electron chi connectivity index (χ2n) is 2.69. The van der Waals surface area contributed by atoms with Crippen LogP contribution in [0.5, 0.6) is 0 Å². The van der Waals surface area contributed by atoms with Gasteiger partial charge in [-0.3, -0.25) is 9.79 Å². The minimum atomic E-state index is -0.477. The fourth-order valence-corrected chi connectivity index (χ4v) is 1.68. The van der Waals surface area contributed by atoms with Crippen molar-refractivity contribution in [3.8, 4) is 0 Å². The number of thiazole rings is 1. The largest absolute Gasteiger partial charge is 0.366 e. The summed E-state index contributed by atoms with van der Waals surface area (Å²) in [5.41, 5.74) is 5.54. The molecule has 72 valence electrons. The molecule has 2 rings (SSSR count). The molecule has 6 heteroatoms. The van der Waals surface area contributed by atoms with Crippen LogP contribution in [0.3, 0.4) is 0 Å². The first-order valence-electron chi connectivity index (χ1n) is 3.95. The van der Waals surface area contributed by atoms with Crippen molar-refractivity contribution < 1.29 is 4.79 Å². The van der Waals surface area contributed by atoms with E-state index in [0.29, 0.717) is 12.2 Å². The SMILES string of the molecule is NC(=O)C1=CN(c2nccs2)CN=C1. The van der Waals surface area contributed by atoms with Crippen LogP contribution < -0.4 is 10.6 Å². The summed E-state index contributed by atoms with van der Waals surface area (Å²) >= 11 is 1.49. The van der Waals surface area contributed by atoms with E-state index >= 15 is 0 Å². The number of amides is 1. The summed E-state index contributed by atoms with van der Waals surface area (Å²) in [6, 6.07) is 0. The van der Waals surface area contributed by atoms with E-state index in [1.807, 2.05) is 5.38 Å². The number of nitrogens with zero attached hydrogens (tertiary/aromatic N) is 3. The lowest BCUT2D eigenvalue weighted by molar-refractivity contribution is -0.114. The van der Waals surface area contributed by atoms with E-state index in [9.17, 15) is 4.79 Å². The van der Waals surface area contributed by atoms with Crippen molar-refractivity contribution in [3.05, 3.63) is 23.3 Å². The Morgan fingerprint density at radius 2 is 2.50 bits per heavy atom. The molecule has 2 N–H and O–H groups in total. The standard InChI is InChI=1S/C8H8N4OS/c9-7(13)6-3-10-5-12(4-6)8-11-1-2-14-8/h1-4H,5H2,(H2,9,13). The molecule has 14 heavy (non-hydrogen) atoms. The number of carbonyl (C=O) groups is 1. The summed E-state index contributed by atoms with van der Waals surface area (Å²) < 4.78 is 0. The van der Waals surface area contributed by atoms with Crippen LogP contribution in [0.25, 0.3) is 0 Å². The quantitative estimate of drug-likeness (QED) is 0.762. The van der Waals surface area contributed by atoms with Crippen molar-refractivity contribution in [1.82, 2.24) is 4.98 Å². The molecule has 2 heterocycles. The number of nitrogens with two attached hydrogens (primary N) is 1. The number of carbonyl (C=O) groups excluding carboxylic acids is 1. The predicted molar refractivity (Wildman–Crippen MR) is 55.2 cm³/mol. The lowest BCUT2D eigenvalue weighted by atomic mass is 10.3. The zero-order chi connectivity index (χ0) is 9.97. The molecule has 0 aromatic carbocycles. The van der Waals surface area contributed by atoms with Crippen molar-refractivity contribution in [2.24, 2.45) is 10.7 Å². The summed E-state index contributed by atoms with van der Waals surface area (Å²) in [6.07, 6.45) is 4.84. The average molecular weight is 208 g/mol. The minimum absolute atomic E-state index is 0.395. The molecule has 0 atom stereocenters. The number of primary amides is 1. The Morgan fingerprint density at radius 3 is 3.14 bits per heavy atom. The normalized spacial score (nSPS) is 15.4. The Labute approximate surface area is 84.6 Å². The van der Waals surface area contributed by atoms with E-state index in [4.69, 9.17) is 5.73 Å². The van der Waals surface area contributed by atoms with Gasteiger partial charge in [-0.05, 0) is 0 Å². The van der Waals surface area contributed by atoms with Gasteiger partial charge in [-0.15, -0.1) is 11.3 Å². The third-order valence-corrected chi connectivity index (χ3v) is 2.52. The summed E-state index contributed by atoms with van der Waals surface area (Å²) in [5.74, 6) is -0.477. The number of aliphatic imine (C=N–C) groups is 1. The molecule has 0 unspecified atom stereocenters. The van der Waals surface area contributed by atoms with Gasteiger partial charge in [0.15, 0.2) is 5.13 Å². The van der Waals surface area contributed by atoms with Gasteiger partial charge in [-0.2, -0.15) is 0 Å². The van der Waals surface area contributed by atoms with Crippen molar-refractivity contribution in [2.45, 2.75) is 0 Å². The summed E-state index contributed by atoms with van der Waals surface area (Å²) in [6.45, 7) is 0.476. The summed E-state index contributed by atoms with van der Waals surface area (Å²) in [7, 11) is 0. The Kier molecular flexibility index (Phi) is 2.28. The fourth-order valence-electron chi connectivity index (χ4n) is 1.07. The first-order valence-corrected chi connectivity index (χ1v) is 4.83. The van der Waals surface area contributed by atoms with Crippen LogP contribution in [-0.4, -0.2) is 23.8 Å². The average Bonchev–Trinajstić information content (AvgIpc) is 2.71. The summed E-state index contributed by atoms with van der Waals surface area (Å²) in [4.78, 5) is 20.8. The van der Waals surface area contributed by atoms with Gasteiger partial charge < -0.3 is 10.6 Å². The molecule has 0 saturated heterocycles. The maximum absolute atomic E-state index is 10.9. The van der Waals surface area contributed by atoms with Crippen LogP contribution >= 0.6 is 11.3 Å². The van der Waals surface area contributed by atoms with E-state index in [1.165, 1.54) is 17.6 Å². The first kappa shape index (κ1) is 8.89. The molecule has 1 amide bonds. The Hall–Kier alpha value is -1.69. The van der Waals surface area contributed by atoms with E-state index in [2.05, 4.69) is 9.98 Å². The minimum Gasteiger partial charge on any atom is -0.366 e. The topological polar surface area (TPSA) is 71.6 Å². The van der Waals surface area contributed by atoms with Gasteiger partial charge in [0, 0.05) is 24.0 Å². The van der Waals surface area contributed by atoms with Gasteiger partial charge in [-0.25, -0.2) is 4.98 Å². The first-order chi connectivity index (χ1) is 6.77. The van der Waals surface area contributed by atoms with Gasteiger partial charge in [0.2, 0.25) is 0 Å². The van der Waals surface area contributed by atoms with Crippen LogP contribution in [0, 0.1) is 0 Å². The molecular formula is C8H8N4OS. The van der Waals surface area contributed by atoms with Crippen LogP contribution in [-0.2, 0) is 4.79 Å². The molecule has 5 nitrogen and oxygen atoms in total. The number of hydrogen-bond donors (Lipinski definition) is 1. The zero-order valence-electron chi connectivity index (χ0n) is 7.25. The lowest BCUT2D eigenvalue weighted by Crippen LogP contribution is -2.25. The number of aromatic nitrogens is 1. The molecule has 1 aliphatic heterocycles. The second kappa shape index (κ2) is 3.59. The zero-order valence-corrected chi connectivity index (χ0v) is 8.07. The van der Waals surface area contributed by atoms with Gasteiger partial charge >= 0.3 is 0 Å². The molecule has 1 aromatic heterocycles. The smallest absolute Gasteiger partial charge is 0.251 e. The molecule has 0 spiro atoms. The van der Waals surface area contributed by atoms with Crippen molar-refractivity contribution in [3.63, 3.8) is 0 Å². The number of rotatable bonds is 2.